The zero-order valence-electron chi connectivity index (χ0n) is 17.4. The lowest BCUT2D eigenvalue weighted by atomic mass is 10.0. The highest BCUT2D eigenvalue weighted by Gasteiger charge is 2.43. The molecule has 2 heterocycles. The normalized spacial score (nSPS) is 27.7. The number of nitrogens with zero attached hydrogens (tertiary/aromatic N) is 4. The molecule has 0 spiro atoms. The van der Waals surface area contributed by atoms with Gasteiger partial charge in [-0.25, -0.2) is 28.5 Å². The lowest BCUT2D eigenvalue weighted by Gasteiger charge is -2.18. The van der Waals surface area contributed by atoms with Crippen molar-refractivity contribution in [2.75, 3.05) is 11.1 Å². The van der Waals surface area contributed by atoms with Crippen LogP contribution in [0.4, 0.5) is 5.82 Å². The van der Waals surface area contributed by atoms with Crippen LogP contribution in [0.5, 0.6) is 0 Å². The Hall–Kier alpha value is -2.60. The molecule has 1 aromatic carbocycles. The number of hydrogen-bond acceptors (Lipinski definition) is 8. The van der Waals surface area contributed by atoms with E-state index >= 15 is 0 Å². The fourth-order valence-corrected chi connectivity index (χ4v) is 5.68. The number of imidazole rings is 1. The van der Waals surface area contributed by atoms with Gasteiger partial charge in [-0.05, 0) is 42.7 Å². The molecule has 11 heteroatoms. The van der Waals surface area contributed by atoms with Crippen LogP contribution in [-0.2, 0) is 16.4 Å². The number of rotatable bonds is 6. The van der Waals surface area contributed by atoms with E-state index in [9.17, 15) is 18.6 Å². The molecule has 1 fully saturated rings. The summed E-state index contributed by atoms with van der Waals surface area (Å²) in [5.74, 6) is -0.00717. The van der Waals surface area contributed by atoms with Crippen molar-refractivity contribution < 1.29 is 18.6 Å². The molecule has 0 radical (unpaired) electrons. The minimum Gasteiger partial charge on any atom is -0.390 e. The van der Waals surface area contributed by atoms with Crippen molar-refractivity contribution in [1.29, 1.82) is 0 Å². The van der Waals surface area contributed by atoms with Gasteiger partial charge in [-0.2, -0.15) is 0 Å². The fraction of sp³-hybridized carbons (Fsp3) is 0.476. The summed E-state index contributed by atoms with van der Waals surface area (Å²) in [6.45, 7) is 0. The summed E-state index contributed by atoms with van der Waals surface area (Å²) < 4.78 is 24.4. The third-order valence-corrected chi connectivity index (χ3v) is 7.51. The average Bonchev–Trinajstić information content (AvgIpc) is 3.44. The quantitative estimate of drug-likeness (QED) is 0.424. The summed E-state index contributed by atoms with van der Waals surface area (Å²) in [6, 6.07) is 7.99. The van der Waals surface area contributed by atoms with Crippen molar-refractivity contribution in [2.45, 2.75) is 50.0 Å². The van der Waals surface area contributed by atoms with Crippen molar-refractivity contribution in [2.24, 2.45) is 11.1 Å². The summed E-state index contributed by atoms with van der Waals surface area (Å²) in [4.78, 5) is 13.3. The van der Waals surface area contributed by atoms with Crippen LogP contribution in [0.3, 0.4) is 0 Å². The highest BCUT2D eigenvalue weighted by molar-refractivity contribution is 7.89. The monoisotopic (exact) mass is 458 g/mol. The van der Waals surface area contributed by atoms with Gasteiger partial charge in [0.05, 0.1) is 30.3 Å². The molecule has 170 valence electrons. The first-order chi connectivity index (χ1) is 15.3. The van der Waals surface area contributed by atoms with Gasteiger partial charge in [0.2, 0.25) is 10.0 Å². The second kappa shape index (κ2) is 8.07. The van der Waals surface area contributed by atoms with Gasteiger partial charge in [-0.15, -0.1) is 0 Å². The van der Waals surface area contributed by atoms with Crippen molar-refractivity contribution in [3.05, 3.63) is 48.0 Å². The van der Waals surface area contributed by atoms with E-state index in [1.165, 1.54) is 17.5 Å². The predicted octanol–water partition coefficient (Wildman–Crippen LogP) is 0.887. The molecule has 3 aromatic rings. The number of primary sulfonamides is 1. The maximum Gasteiger partial charge on any atom is 0.209 e. The van der Waals surface area contributed by atoms with Crippen LogP contribution >= 0.6 is 0 Å². The minimum atomic E-state index is -3.64. The number of fused-ring (bicyclic) bond motifs is 2. The highest BCUT2D eigenvalue weighted by Crippen LogP contribution is 2.39. The fourth-order valence-electron chi connectivity index (χ4n) is 5.05. The van der Waals surface area contributed by atoms with Crippen LogP contribution in [-0.4, -0.2) is 56.1 Å². The van der Waals surface area contributed by atoms with Gasteiger partial charge < -0.3 is 20.1 Å². The smallest absolute Gasteiger partial charge is 0.209 e. The molecular formula is C21H26N6O4S. The number of sulfonamides is 1. The van der Waals surface area contributed by atoms with E-state index in [-0.39, 0.29) is 24.1 Å². The summed E-state index contributed by atoms with van der Waals surface area (Å²) >= 11 is 0. The molecule has 1 saturated carbocycles. The van der Waals surface area contributed by atoms with Gasteiger partial charge in [-0.1, -0.05) is 24.3 Å². The number of aliphatic hydroxyl groups excluding tert-OH is 2. The van der Waals surface area contributed by atoms with Crippen molar-refractivity contribution in [3.63, 3.8) is 0 Å². The Morgan fingerprint density at radius 3 is 2.78 bits per heavy atom. The number of anilines is 1. The van der Waals surface area contributed by atoms with Crippen LogP contribution in [0.2, 0.25) is 0 Å². The molecule has 1 unspecified atom stereocenters. The van der Waals surface area contributed by atoms with E-state index in [0.717, 1.165) is 12.8 Å². The number of hydrogen-bond donors (Lipinski definition) is 4. The second-order valence-electron chi connectivity index (χ2n) is 8.68. The van der Waals surface area contributed by atoms with Gasteiger partial charge >= 0.3 is 0 Å². The lowest BCUT2D eigenvalue weighted by molar-refractivity contribution is 0.00624. The molecule has 5 rings (SSSR count). The Labute approximate surface area is 185 Å². The topological polar surface area (TPSA) is 156 Å². The molecule has 2 aliphatic rings. The van der Waals surface area contributed by atoms with E-state index in [1.54, 1.807) is 10.9 Å². The van der Waals surface area contributed by atoms with Gasteiger partial charge in [0, 0.05) is 0 Å². The zero-order chi connectivity index (χ0) is 22.5. The summed E-state index contributed by atoms with van der Waals surface area (Å²) in [7, 11) is -3.64. The Kier molecular flexibility index (Phi) is 5.36. The van der Waals surface area contributed by atoms with Crippen LogP contribution in [0.15, 0.2) is 36.9 Å². The van der Waals surface area contributed by atoms with Crippen molar-refractivity contribution >= 4 is 27.0 Å². The average molecular weight is 459 g/mol. The SMILES string of the molecule is NS(=O)(=O)CC[C@H]1C[C@@H](n2cnc3c(NC4CCc5ccccc54)ncnc32)[C@H](O)[C@@H]1O. The number of benzene rings is 1. The Morgan fingerprint density at radius 1 is 1.16 bits per heavy atom. The van der Waals surface area contributed by atoms with E-state index in [1.807, 2.05) is 12.1 Å². The predicted molar refractivity (Wildman–Crippen MR) is 118 cm³/mol. The van der Waals surface area contributed by atoms with Gasteiger partial charge in [0.25, 0.3) is 0 Å². The van der Waals surface area contributed by atoms with Crippen molar-refractivity contribution in [1.82, 2.24) is 19.5 Å². The third-order valence-electron chi connectivity index (χ3n) is 6.70. The summed E-state index contributed by atoms with van der Waals surface area (Å²) in [5, 5.41) is 29.7. The first kappa shape index (κ1) is 21.3. The lowest BCUT2D eigenvalue weighted by Crippen LogP contribution is -2.30. The molecular weight excluding hydrogens is 432 g/mol. The molecule has 0 amide bonds. The van der Waals surface area contributed by atoms with E-state index in [2.05, 4.69) is 32.4 Å². The Balaban J connectivity index is 1.40. The standard InChI is InChI=1S/C21H26N6O4S/c22-32(30,31)8-7-13-9-16(19(29)18(13)28)27-11-25-17-20(23-10-24-21(17)27)26-15-6-5-12-3-1-2-4-14(12)15/h1-4,10-11,13,15-16,18-19,28-29H,5-9H2,(H2,22,30,31)(H,23,24,26)/t13-,15?,16+,18+,19-/m0/s1. The number of nitrogens with one attached hydrogen (secondary N) is 1. The maximum atomic E-state index is 11.3. The third kappa shape index (κ3) is 3.85. The Morgan fingerprint density at radius 2 is 1.97 bits per heavy atom. The number of aliphatic hydroxyl groups is 2. The van der Waals surface area contributed by atoms with Crippen LogP contribution in [0.25, 0.3) is 11.2 Å². The number of aryl methyl sites for hydroxylation is 1. The molecule has 0 bridgehead atoms. The van der Waals surface area contributed by atoms with Crippen LogP contribution in [0, 0.1) is 5.92 Å². The van der Waals surface area contributed by atoms with Crippen LogP contribution in [0.1, 0.15) is 42.5 Å². The van der Waals surface area contributed by atoms with Gasteiger partial charge in [-0.3, -0.25) is 0 Å². The zero-order valence-corrected chi connectivity index (χ0v) is 18.2. The first-order valence-electron chi connectivity index (χ1n) is 10.7. The maximum absolute atomic E-state index is 11.3. The summed E-state index contributed by atoms with van der Waals surface area (Å²) in [5.41, 5.74) is 3.73. The van der Waals surface area contributed by atoms with E-state index in [0.29, 0.717) is 23.4 Å². The first-order valence-corrected chi connectivity index (χ1v) is 12.4. The molecule has 2 aliphatic carbocycles. The van der Waals surface area contributed by atoms with E-state index in [4.69, 9.17) is 5.14 Å². The minimum absolute atomic E-state index is 0.135. The Bertz CT molecular complexity index is 1250. The molecule has 32 heavy (non-hydrogen) atoms. The molecule has 0 aliphatic heterocycles. The van der Waals surface area contributed by atoms with Crippen LogP contribution < -0.4 is 10.5 Å². The summed E-state index contributed by atoms with van der Waals surface area (Å²) in [6.07, 6.45) is 3.48. The molecule has 2 aromatic heterocycles. The molecule has 0 saturated heterocycles. The largest absolute Gasteiger partial charge is 0.390 e. The van der Waals surface area contributed by atoms with Gasteiger partial charge in [0.15, 0.2) is 11.5 Å². The molecule has 10 nitrogen and oxygen atoms in total. The van der Waals surface area contributed by atoms with Crippen molar-refractivity contribution in [3.8, 4) is 0 Å². The number of aromatic nitrogens is 4. The van der Waals surface area contributed by atoms with Gasteiger partial charge in [0.1, 0.15) is 17.9 Å². The highest BCUT2D eigenvalue weighted by atomic mass is 32.2. The van der Waals surface area contributed by atoms with E-state index < -0.39 is 28.3 Å². The molecule has 5 atom stereocenters. The number of nitrogens with two attached hydrogens (primary N) is 1. The molecule has 5 N–H and O–H groups in total. The second-order valence-corrected chi connectivity index (χ2v) is 10.4.